The number of hydrogen-bond acceptors (Lipinski definition) is 3. The lowest BCUT2D eigenvalue weighted by Gasteiger charge is -2.25. The summed E-state index contributed by atoms with van der Waals surface area (Å²) in [6.07, 6.45) is 1.87. The molecule has 1 aliphatic rings. The molecular formula is C9H17NO3. The molecule has 0 amide bonds. The lowest BCUT2D eigenvalue weighted by Crippen LogP contribution is -2.38. The molecule has 1 rings (SSSR count). The molecule has 0 radical (unpaired) electrons. The molecule has 2 atom stereocenters. The minimum Gasteiger partial charge on any atom is -0.481 e. The fourth-order valence-corrected chi connectivity index (χ4v) is 1.92. The van der Waals surface area contributed by atoms with Crippen LogP contribution in [0.2, 0.25) is 0 Å². The molecule has 0 bridgehead atoms. The maximum atomic E-state index is 10.3. The lowest BCUT2D eigenvalue weighted by molar-refractivity contribution is -0.137. The number of hydrogen-bond donors (Lipinski definition) is 2. The predicted octanol–water partition coefficient (Wildman–Crippen LogP) is 0.306. The average Bonchev–Trinajstić information content (AvgIpc) is 2.47. The summed E-state index contributed by atoms with van der Waals surface area (Å²) < 4.78 is 0. The summed E-state index contributed by atoms with van der Waals surface area (Å²) in [4.78, 5) is 12.4. The van der Waals surface area contributed by atoms with E-state index in [9.17, 15) is 9.90 Å². The first-order chi connectivity index (χ1) is 6.11. The van der Waals surface area contributed by atoms with E-state index in [4.69, 9.17) is 5.11 Å². The van der Waals surface area contributed by atoms with Gasteiger partial charge in [0.25, 0.3) is 0 Å². The van der Waals surface area contributed by atoms with Gasteiger partial charge in [0, 0.05) is 12.6 Å². The minimum absolute atomic E-state index is 0.166. The fraction of sp³-hybridized carbons (Fsp3) is 0.889. The van der Waals surface area contributed by atoms with Crippen molar-refractivity contribution in [3.05, 3.63) is 0 Å². The number of carboxylic acids is 1. The van der Waals surface area contributed by atoms with E-state index in [1.54, 1.807) is 6.92 Å². The van der Waals surface area contributed by atoms with Crippen molar-refractivity contribution < 1.29 is 15.0 Å². The minimum atomic E-state index is -0.767. The summed E-state index contributed by atoms with van der Waals surface area (Å²) >= 11 is 0. The lowest BCUT2D eigenvalue weighted by atomic mass is 10.1. The number of carbonyl (C=O) groups is 1. The van der Waals surface area contributed by atoms with Crippen molar-refractivity contribution in [1.82, 2.24) is 4.90 Å². The van der Waals surface area contributed by atoms with E-state index in [2.05, 4.69) is 4.90 Å². The highest BCUT2D eigenvalue weighted by Gasteiger charge is 2.27. The molecule has 1 heterocycles. The normalized spacial score (nSPS) is 26.2. The van der Waals surface area contributed by atoms with Gasteiger partial charge in [-0.2, -0.15) is 0 Å². The molecule has 0 aliphatic carbocycles. The standard InChI is InChI=1S/C9H17NO3/c1-7(11)8-3-2-5-10(8)6-4-9(12)13/h7-8,11H,2-6H2,1H3,(H,12,13)/t7-,8+/m1/s1. The summed E-state index contributed by atoms with van der Waals surface area (Å²) in [7, 11) is 0. The van der Waals surface area contributed by atoms with E-state index >= 15 is 0 Å². The second kappa shape index (κ2) is 4.58. The van der Waals surface area contributed by atoms with Gasteiger partial charge in [0.1, 0.15) is 0 Å². The van der Waals surface area contributed by atoms with E-state index < -0.39 is 5.97 Å². The highest BCUT2D eigenvalue weighted by atomic mass is 16.4. The molecule has 76 valence electrons. The molecule has 1 aliphatic heterocycles. The second-order valence-corrected chi connectivity index (χ2v) is 3.63. The quantitative estimate of drug-likeness (QED) is 0.665. The zero-order chi connectivity index (χ0) is 9.84. The predicted molar refractivity (Wildman–Crippen MR) is 48.5 cm³/mol. The Hall–Kier alpha value is -0.610. The van der Waals surface area contributed by atoms with Gasteiger partial charge in [-0.1, -0.05) is 0 Å². The molecule has 0 saturated carbocycles. The van der Waals surface area contributed by atoms with Crippen molar-refractivity contribution in [2.24, 2.45) is 0 Å². The molecule has 0 aromatic carbocycles. The van der Waals surface area contributed by atoms with Gasteiger partial charge in [-0.3, -0.25) is 9.69 Å². The van der Waals surface area contributed by atoms with Crippen LogP contribution in [-0.2, 0) is 4.79 Å². The molecule has 1 fully saturated rings. The van der Waals surface area contributed by atoms with Gasteiger partial charge in [-0.25, -0.2) is 0 Å². The number of likely N-dealkylation sites (tertiary alicyclic amines) is 1. The third-order valence-corrected chi connectivity index (χ3v) is 2.58. The van der Waals surface area contributed by atoms with E-state index in [-0.39, 0.29) is 18.6 Å². The highest BCUT2D eigenvalue weighted by molar-refractivity contribution is 5.66. The summed E-state index contributed by atoms with van der Waals surface area (Å²) in [5.41, 5.74) is 0. The van der Waals surface area contributed by atoms with E-state index in [0.717, 1.165) is 19.4 Å². The van der Waals surface area contributed by atoms with Crippen molar-refractivity contribution in [3.8, 4) is 0 Å². The van der Waals surface area contributed by atoms with Crippen LogP contribution in [0.4, 0.5) is 0 Å². The maximum absolute atomic E-state index is 10.3. The molecule has 1 saturated heterocycles. The van der Waals surface area contributed by atoms with E-state index in [0.29, 0.717) is 6.54 Å². The van der Waals surface area contributed by atoms with Crippen LogP contribution in [0.5, 0.6) is 0 Å². The van der Waals surface area contributed by atoms with Crippen molar-refractivity contribution in [1.29, 1.82) is 0 Å². The Labute approximate surface area is 78.2 Å². The first-order valence-corrected chi connectivity index (χ1v) is 4.75. The molecule has 2 N–H and O–H groups in total. The largest absolute Gasteiger partial charge is 0.481 e. The molecule has 0 unspecified atom stereocenters. The van der Waals surface area contributed by atoms with Crippen LogP contribution < -0.4 is 0 Å². The number of rotatable bonds is 4. The first-order valence-electron chi connectivity index (χ1n) is 4.75. The fourth-order valence-electron chi connectivity index (χ4n) is 1.92. The smallest absolute Gasteiger partial charge is 0.304 e. The van der Waals surface area contributed by atoms with Gasteiger partial charge in [-0.15, -0.1) is 0 Å². The summed E-state index contributed by atoms with van der Waals surface area (Å²) in [6, 6.07) is 0.166. The number of carboxylic acid groups (broad SMARTS) is 1. The van der Waals surface area contributed by atoms with Crippen LogP contribution >= 0.6 is 0 Å². The van der Waals surface area contributed by atoms with Crippen LogP contribution in [0.1, 0.15) is 26.2 Å². The zero-order valence-corrected chi connectivity index (χ0v) is 7.94. The first kappa shape index (κ1) is 10.5. The monoisotopic (exact) mass is 187 g/mol. The molecular weight excluding hydrogens is 170 g/mol. The summed E-state index contributed by atoms with van der Waals surface area (Å²) in [5.74, 6) is -0.767. The molecule has 13 heavy (non-hydrogen) atoms. The molecule has 0 aromatic heterocycles. The van der Waals surface area contributed by atoms with Crippen molar-refractivity contribution in [2.45, 2.75) is 38.3 Å². The zero-order valence-electron chi connectivity index (χ0n) is 7.94. The van der Waals surface area contributed by atoms with Gasteiger partial charge < -0.3 is 10.2 Å². The van der Waals surface area contributed by atoms with Crippen molar-refractivity contribution >= 4 is 5.97 Å². The molecule has 4 heteroatoms. The van der Waals surface area contributed by atoms with Crippen molar-refractivity contribution in [2.75, 3.05) is 13.1 Å². The van der Waals surface area contributed by atoms with Crippen LogP contribution in [0.3, 0.4) is 0 Å². The Morgan fingerprint density at radius 1 is 1.69 bits per heavy atom. The Balaban J connectivity index is 2.35. The topological polar surface area (TPSA) is 60.8 Å². The molecule has 4 nitrogen and oxygen atoms in total. The van der Waals surface area contributed by atoms with E-state index in [1.165, 1.54) is 0 Å². The maximum Gasteiger partial charge on any atom is 0.304 e. The third-order valence-electron chi connectivity index (χ3n) is 2.58. The number of aliphatic hydroxyl groups excluding tert-OH is 1. The summed E-state index contributed by atoms with van der Waals surface area (Å²) in [6.45, 7) is 3.25. The number of nitrogens with zero attached hydrogens (tertiary/aromatic N) is 1. The van der Waals surface area contributed by atoms with Crippen LogP contribution in [0.25, 0.3) is 0 Å². The Morgan fingerprint density at radius 2 is 2.38 bits per heavy atom. The average molecular weight is 187 g/mol. The van der Waals surface area contributed by atoms with Crippen LogP contribution in [-0.4, -0.2) is 46.3 Å². The van der Waals surface area contributed by atoms with Crippen LogP contribution in [0, 0.1) is 0 Å². The Bertz CT molecular complexity index is 182. The van der Waals surface area contributed by atoms with Gasteiger partial charge >= 0.3 is 5.97 Å². The van der Waals surface area contributed by atoms with Gasteiger partial charge in [0.05, 0.1) is 12.5 Å². The second-order valence-electron chi connectivity index (χ2n) is 3.63. The Kier molecular flexibility index (Phi) is 3.69. The van der Waals surface area contributed by atoms with Crippen LogP contribution in [0.15, 0.2) is 0 Å². The summed E-state index contributed by atoms with van der Waals surface area (Å²) in [5, 5.41) is 17.9. The van der Waals surface area contributed by atoms with Gasteiger partial charge in [0.2, 0.25) is 0 Å². The number of aliphatic carboxylic acids is 1. The molecule has 0 aromatic rings. The third kappa shape index (κ3) is 2.97. The van der Waals surface area contributed by atoms with Gasteiger partial charge in [-0.05, 0) is 26.3 Å². The van der Waals surface area contributed by atoms with Crippen molar-refractivity contribution in [3.63, 3.8) is 0 Å². The highest BCUT2D eigenvalue weighted by Crippen LogP contribution is 2.19. The van der Waals surface area contributed by atoms with Gasteiger partial charge in [0.15, 0.2) is 0 Å². The molecule has 0 spiro atoms. The Morgan fingerprint density at radius 3 is 2.92 bits per heavy atom. The SMILES string of the molecule is C[C@@H](O)[C@@H]1CCCN1CCC(=O)O. The number of aliphatic hydroxyl groups is 1. The van der Waals surface area contributed by atoms with E-state index in [1.807, 2.05) is 0 Å².